The number of likely N-dealkylation sites (tertiary alicyclic amines) is 1. The first-order valence-electron chi connectivity index (χ1n) is 8.91. The number of esters is 1. The van der Waals surface area contributed by atoms with Crippen LogP contribution in [-0.2, 0) is 14.3 Å². The van der Waals surface area contributed by atoms with E-state index in [9.17, 15) is 9.59 Å². The Morgan fingerprint density at radius 1 is 1.15 bits per heavy atom. The van der Waals surface area contributed by atoms with E-state index in [0.717, 1.165) is 25.9 Å². The van der Waals surface area contributed by atoms with Crippen molar-refractivity contribution in [3.63, 3.8) is 0 Å². The van der Waals surface area contributed by atoms with Gasteiger partial charge in [0, 0.05) is 19.2 Å². The van der Waals surface area contributed by atoms with E-state index in [-0.39, 0.29) is 12.5 Å². The van der Waals surface area contributed by atoms with Crippen LogP contribution in [0.15, 0.2) is 18.2 Å². The Kier molecular flexibility index (Phi) is 7.52. The molecule has 1 aromatic carbocycles. The molecule has 0 aliphatic carbocycles. The van der Waals surface area contributed by atoms with E-state index in [2.05, 4.69) is 6.92 Å². The molecule has 1 aliphatic heterocycles. The van der Waals surface area contributed by atoms with Crippen LogP contribution in [0, 0.1) is 5.92 Å². The summed E-state index contributed by atoms with van der Waals surface area (Å²) in [5, 5.41) is 0. The molecule has 1 saturated heterocycles. The van der Waals surface area contributed by atoms with Gasteiger partial charge in [-0.2, -0.15) is 0 Å². The van der Waals surface area contributed by atoms with Crippen molar-refractivity contribution in [2.75, 3.05) is 41.0 Å². The maximum atomic E-state index is 12.1. The van der Waals surface area contributed by atoms with Crippen molar-refractivity contribution in [1.82, 2.24) is 4.90 Å². The molecule has 0 radical (unpaired) electrons. The lowest BCUT2D eigenvalue weighted by Gasteiger charge is -2.30. The van der Waals surface area contributed by atoms with Gasteiger partial charge in [0.25, 0.3) is 5.91 Å². The van der Waals surface area contributed by atoms with E-state index in [0.29, 0.717) is 28.7 Å². The van der Waals surface area contributed by atoms with Gasteiger partial charge in [0.15, 0.2) is 18.1 Å². The second-order valence-electron chi connectivity index (χ2n) is 6.49. The van der Waals surface area contributed by atoms with E-state index in [1.165, 1.54) is 27.4 Å². The molecule has 1 amide bonds. The number of carbonyl (C=O) groups is 2. The van der Waals surface area contributed by atoms with Gasteiger partial charge in [-0.25, -0.2) is 4.79 Å². The molecule has 1 heterocycles. The molecule has 2 rings (SSSR count). The highest BCUT2D eigenvalue weighted by Gasteiger charge is 2.21. The lowest BCUT2D eigenvalue weighted by molar-refractivity contribution is -0.149. The average Bonchev–Trinajstić information content (AvgIpc) is 2.69. The third-order valence-electron chi connectivity index (χ3n) is 4.45. The van der Waals surface area contributed by atoms with Gasteiger partial charge in [-0.1, -0.05) is 6.92 Å². The maximum absolute atomic E-state index is 12.1. The average molecular weight is 377 g/mol. The number of amides is 1. The summed E-state index contributed by atoms with van der Waals surface area (Å²) in [5.41, 5.74) is 0.678. The molecule has 7 heteroatoms. The van der Waals surface area contributed by atoms with Gasteiger partial charge in [-0.15, -0.1) is 0 Å². The van der Waals surface area contributed by atoms with Crippen LogP contribution in [0.3, 0.4) is 0 Å². The molecule has 1 atom stereocenters. The summed E-state index contributed by atoms with van der Waals surface area (Å²) in [5.74, 6) is 1.19. The van der Waals surface area contributed by atoms with Crippen molar-refractivity contribution in [3.8, 4) is 17.2 Å². The number of benzene rings is 1. The minimum Gasteiger partial charge on any atom is -0.493 e. The summed E-state index contributed by atoms with van der Waals surface area (Å²) in [7, 11) is 4.56. The molecular weight excluding hydrogens is 350 g/mol. The van der Waals surface area contributed by atoms with Crippen molar-refractivity contribution >= 4 is 18.0 Å². The largest absolute Gasteiger partial charge is 0.493 e. The Balaban J connectivity index is 1.95. The highest BCUT2D eigenvalue weighted by atomic mass is 16.5. The van der Waals surface area contributed by atoms with Gasteiger partial charge in [-0.3, -0.25) is 4.79 Å². The summed E-state index contributed by atoms with van der Waals surface area (Å²) in [6.07, 6.45) is 4.95. The van der Waals surface area contributed by atoms with Crippen LogP contribution in [0.5, 0.6) is 17.2 Å². The molecule has 1 unspecified atom stereocenters. The molecule has 1 fully saturated rings. The van der Waals surface area contributed by atoms with Gasteiger partial charge >= 0.3 is 5.97 Å². The Bertz CT molecular complexity index is 675. The normalized spacial score (nSPS) is 16.9. The van der Waals surface area contributed by atoms with Gasteiger partial charge < -0.3 is 23.8 Å². The number of piperidine rings is 1. The standard InChI is InChI=1S/C20H27NO6/c1-14-6-5-9-21(12-14)18(22)13-27-19(23)8-7-15-10-16(24-2)20(26-4)17(11-15)25-3/h7-8,10-11,14H,5-6,9,12-13H2,1-4H3/b8-7+. The Hall–Kier alpha value is -2.70. The zero-order valence-corrected chi connectivity index (χ0v) is 16.3. The minimum absolute atomic E-state index is 0.156. The van der Waals surface area contributed by atoms with E-state index >= 15 is 0 Å². The number of hydrogen-bond acceptors (Lipinski definition) is 6. The molecule has 7 nitrogen and oxygen atoms in total. The molecule has 0 aromatic heterocycles. The van der Waals surface area contributed by atoms with Crippen molar-refractivity contribution in [1.29, 1.82) is 0 Å². The molecule has 148 valence electrons. The quantitative estimate of drug-likeness (QED) is 0.537. The fourth-order valence-electron chi connectivity index (χ4n) is 3.05. The van der Waals surface area contributed by atoms with E-state index < -0.39 is 5.97 Å². The third kappa shape index (κ3) is 5.64. The second kappa shape index (κ2) is 9.85. The Morgan fingerprint density at radius 2 is 1.81 bits per heavy atom. The highest BCUT2D eigenvalue weighted by Crippen LogP contribution is 2.38. The van der Waals surface area contributed by atoms with Crippen LogP contribution >= 0.6 is 0 Å². The van der Waals surface area contributed by atoms with Crippen LogP contribution in [0.1, 0.15) is 25.3 Å². The van der Waals surface area contributed by atoms with Crippen LogP contribution in [0.4, 0.5) is 0 Å². The second-order valence-corrected chi connectivity index (χ2v) is 6.49. The van der Waals surface area contributed by atoms with Gasteiger partial charge in [0.05, 0.1) is 21.3 Å². The van der Waals surface area contributed by atoms with Crippen molar-refractivity contribution in [3.05, 3.63) is 23.8 Å². The molecule has 0 saturated carbocycles. The van der Waals surface area contributed by atoms with E-state index in [1.54, 1.807) is 23.1 Å². The van der Waals surface area contributed by atoms with Crippen molar-refractivity contribution < 1.29 is 28.5 Å². The molecule has 0 bridgehead atoms. The zero-order chi connectivity index (χ0) is 19.8. The van der Waals surface area contributed by atoms with Crippen molar-refractivity contribution in [2.45, 2.75) is 19.8 Å². The summed E-state index contributed by atoms with van der Waals surface area (Å²) < 4.78 is 20.9. The summed E-state index contributed by atoms with van der Waals surface area (Å²) in [6, 6.07) is 3.43. The summed E-state index contributed by atoms with van der Waals surface area (Å²) >= 11 is 0. The highest BCUT2D eigenvalue weighted by molar-refractivity contribution is 5.89. The SMILES string of the molecule is COc1cc(/C=C/C(=O)OCC(=O)N2CCCC(C)C2)cc(OC)c1OC. The fraction of sp³-hybridized carbons (Fsp3) is 0.500. The molecule has 0 spiro atoms. The number of carbonyl (C=O) groups excluding carboxylic acids is 2. The first kappa shape index (κ1) is 20.6. The predicted molar refractivity (Wildman–Crippen MR) is 101 cm³/mol. The number of ether oxygens (including phenoxy) is 4. The van der Waals surface area contributed by atoms with Gasteiger partial charge in [-0.05, 0) is 42.5 Å². The monoisotopic (exact) mass is 377 g/mol. The van der Waals surface area contributed by atoms with Crippen LogP contribution in [-0.4, -0.2) is 57.8 Å². The molecule has 1 aliphatic rings. The first-order chi connectivity index (χ1) is 13.0. The van der Waals surface area contributed by atoms with Crippen LogP contribution in [0.2, 0.25) is 0 Å². The molecule has 27 heavy (non-hydrogen) atoms. The topological polar surface area (TPSA) is 74.3 Å². The van der Waals surface area contributed by atoms with Gasteiger partial charge in [0.1, 0.15) is 0 Å². The first-order valence-corrected chi connectivity index (χ1v) is 8.91. The fourth-order valence-corrected chi connectivity index (χ4v) is 3.05. The predicted octanol–water partition coefficient (Wildman–Crippen LogP) is 2.53. The maximum Gasteiger partial charge on any atom is 0.331 e. The molecule has 0 N–H and O–H groups in total. The number of rotatable bonds is 7. The lowest BCUT2D eigenvalue weighted by Crippen LogP contribution is -2.41. The number of hydrogen-bond donors (Lipinski definition) is 0. The molecule has 1 aromatic rings. The zero-order valence-electron chi connectivity index (χ0n) is 16.3. The van der Waals surface area contributed by atoms with E-state index in [1.807, 2.05) is 0 Å². The number of nitrogens with zero attached hydrogens (tertiary/aromatic N) is 1. The van der Waals surface area contributed by atoms with Crippen LogP contribution < -0.4 is 14.2 Å². The van der Waals surface area contributed by atoms with Crippen LogP contribution in [0.25, 0.3) is 6.08 Å². The minimum atomic E-state index is -0.581. The van der Waals surface area contributed by atoms with Gasteiger partial charge in [0.2, 0.25) is 5.75 Å². The smallest absolute Gasteiger partial charge is 0.331 e. The Labute approximate surface area is 159 Å². The summed E-state index contributed by atoms with van der Waals surface area (Å²) in [6.45, 7) is 3.32. The lowest BCUT2D eigenvalue weighted by atomic mass is 10.0. The third-order valence-corrected chi connectivity index (χ3v) is 4.45. The van der Waals surface area contributed by atoms with E-state index in [4.69, 9.17) is 18.9 Å². The Morgan fingerprint density at radius 3 is 2.37 bits per heavy atom. The van der Waals surface area contributed by atoms with Crippen molar-refractivity contribution in [2.24, 2.45) is 5.92 Å². The summed E-state index contributed by atoms with van der Waals surface area (Å²) in [4.78, 5) is 25.8. The molecular formula is C20H27NO6. The number of methoxy groups -OCH3 is 3.